The number of aromatic nitrogens is 1. The molecule has 0 radical (unpaired) electrons. The summed E-state index contributed by atoms with van der Waals surface area (Å²) in [7, 11) is 0. The molecule has 2 heterocycles. The van der Waals surface area contributed by atoms with Gasteiger partial charge in [0.25, 0.3) is 5.91 Å². The predicted octanol–water partition coefficient (Wildman–Crippen LogP) is 2.51. The number of rotatable bonds is 8. The van der Waals surface area contributed by atoms with Crippen LogP contribution < -0.4 is 15.4 Å². The van der Waals surface area contributed by atoms with Crippen molar-refractivity contribution >= 4 is 11.8 Å². The summed E-state index contributed by atoms with van der Waals surface area (Å²) < 4.78 is 16.0. The molecule has 0 aliphatic heterocycles. The smallest absolute Gasteiger partial charge is 0.251 e. The molecule has 0 bridgehead atoms. The molecule has 0 fully saturated rings. The zero-order valence-electron chi connectivity index (χ0n) is 15.7. The van der Waals surface area contributed by atoms with E-state index in [1.165, 1.54) is 6.26 Å². The van der Waals surface area contributed by atoms with Crippen molar-refractivity contribution in [2.24, 2.45) is 0 Å². The third-order valence-electron chi connectivity index (χ3n) is 4.11. The van der Waals surface area contributed by atoms with Gasteiger partial charge in [0.2, 0.25) is 5.91 Å². The van der Waals surface area contributed by atoms with Crippen LogP contribution in [0.15, 0.2) is 51.6 Å². The Morgan fingerprint density at radius 2 is 2.00 bits per heavy atom. The van der Waals surface area contributed by atoms with Crippen LogP contribution in [-0.4, -0.2) is 23.5 Å². The fourth-order valence-electron chi connectivity index (χ4n) is 2.51. The summed E-state index contributed by atoms with van der Waals surface area (Å²) >= 11 is 0. The van der Waals surface area contributed by atoms with Crippen LogP contribution in [0.4, 0.5) is 0 Å². The van der Waals surface area contributed by atoms with Crippen LogP contribution in [0.5, 0.6) is 5.75 Å². The Hall–Kier alpha value is -3.55. The molecule has 0 spiro atoms. The van der Waals surface area contributed by atoms with Crippen LogP contribution in [-0.2, 0) is 17.9 Å². The van der Waals surface area contributed by atoms with Crippen molar-refractivity contribution < 1.29 is 23.3 Å². The topological polar surface area (TPSA) is 107 Å². The standard InChI is InChI=1S/C20H21N3O5/c1-13-18(14(2)28-23-13)12-27-16-6-3-5-15(9-16)20(25)22-11-19(24)21-10-17-7-4-8-26-17/h3-9H,10-12H2,1-2H3,(H,21,24)(H,22,25). The molecule has 0 aliphatic rings. The molecule has 3 rings (SSSR count). The van der Waals surface area contributed by atoms with E-state index < -0.39 is 0 Å². The quantitative estimate of drug-likeness (QED) is 0.619. The number of nitrogens with one attached hydrogen (secondary N) is 2. The highest BCUT2D eigenvalue weighted by molar-refractivity contribution is 5.96. The van der Waals surface area contributed by atoms with E-state index in [2.05, 4.69) is 15.8 Å². The number of hydrogen-bond donors (Lipinski definition) is 2. The lowest BCUT2D eigenvalue weighted by Crippen LogP contribution is -2.36. The number of carbonyl (C=O) groups is 2. The third-order valence-corrected chi connectivity index (χ3v) is 4.11. The molecule has 0 aliphatic carbocycles. The molecule has 0 saturated carbocycles. The van der Waals surface area contributed by atoms with Crippen LogP contribution in [0.25, 0.3) is 0 Å². The molecule has 8 nitrogen and oxygen atoms in total. The van der Waals surface area contributed by atoms with E-state index >= 15 is 0 Å². The van der Waals surface area contributed by atoms with E-state index in [-0.39, 0.29) is 24.9 Å². The van der Waals surface area contributed by atoms with Crippen LogP contribution in [0.3, 0.4) is 0 Å². The maximum Gasteiger partial charge on any atom is 0.251 e. The first-order valence-electron chi connectivity index (χ1n) is 8.75. The van der Waals surface area contributed by atoms with Crippen molar-refractivity contribution in [3.63, 3.8) is 0 Å². The summed E-state index contributed by atoms with van der Waals surface area (Å²) in [4.78, 5) is 24.1. The van der Waals surface area contributed by atoms with E-state index in [0.29, 0.717) is 29.4 Å². The number of furan rings is 1. The number of nitrogens with zero attached hydrogens (tertiary/aromatic N) is 1. The van der Waals surface area contributed by atoms with Gasteiger partial charge in [0.05, 0.1) is 30.6 Å². The second-order valence-corrected chi connectivity index (χ2v) is 6.16. The van der Waals surface area contributed by atoms with Crippen molar-refractivity contribution in [1.82, 2.24) is 15.8 Å². The Morgan fingerprint density at radius 1 is 1.14 bits per heavy atom. The minimum atomic E-state index is -0.365. The van der Waals surface area contributed by atoms with Crippen molar-refractivity contribution in [2.45, 2.75) is 27.0 Å². The van der Waals surface area contributed by atoms with Gasteiger partial charge in [-0.15, -0.1) is 0 Å². The Labute approximate surface area is 161 Å². The highest BCUT2D eigenvalue weighted by atomic mass is 16.5. The van der Waals surface area contributed by atoms with Crippen molar-refractivity contribution in [3.8, 4) is 5.75 Å². The van der Waals surface area contributed by atoms with Gasteiger partial charge in [-0.25, -0.2) is 0 Å². The van der Waals surface area contributed by atoms with Crippen LogP contribution in [0.2, 0.25) is 0 Å². The molecular formula is C20H21N3O5. The Bertz CT molecular complexity index is 927. The Kier molecular flexibility index (Phi) is 6.11. The average molecular weight is 383 g/mol. The molecular weight excluding hydrogens is 362 g/mol. The monoisotopic (exact) mass is 383 g/mol. The fraction of sp³-hybridized carbons (Fsp3) is 0.250. The number of ether oxygens (including phenoxy) is 1. The zero-order valence-corrected chi connectivity index (χ0v) is 15.7. The predicted molar refractivity (Wildman–Crippen MR) is 99.6 cm³/mol. The van der Waals surface area contributed by atoms with Gasteiger partial charge in [0.15, 0.2) is 0 Å². The summed E-state index contributed by atoms with van der Waals surface area (Å²) in [6, 6.07) is 10.2. The number of carbonyl (C=O) groups excluding carboxylic acids is 2. The second kappa shape index (κ2) is 8.90. The first-order chi connectivity index (χ1) is 13.5. The fourth-order valence-corrected chi connectivity index (χ4v) is 2.51. The van der Waals surface area contributed by atoms with Gasteiger partial charge in [0.1, 0.15) is 23.9 Å². The lowest BCUT2D eigenvalue weighted by Gasteiger charge is -2.09. The van der Waals surface area contributed by atoms with Crippen LogP contribution in [0.1, 0.15) is 33.1 Å². The number of amides is 2. The largest absolute Gasteiger partial charge is 0.489 e. The number of hydrogen-bond acceptors (Lipinski definition) is 6. The van der Waals surface area contributed by atoms with E-state index in [0.717, 1.165) is 11.3 Å². The van der Waals surface area contributed by atoms with Crippen LogP contribution >= 0.6 is 0 Å². The zero-order chi connectivity index (χ0) is 19.9. The summed E-state index contributed by atoms with van der Waals surface area (Å²) in [5, 5.41) is 9.13. The lowest BCUT2D eigenvalue weighted by atomic mass is 10.2. The molecule has 28 heavy (non-hydrogen) atoms. The van der Waals surface area contributed by atoms with Crippen molar-refractivity contribution in [1.29, 1.82) is 0 Å². The lowest BCUT2D eigenvalue weighted by molar-refractivity contribution is -0.120. The SMILES string of the molecule is Cc1noc(C)c1COc1cccc(C(=O)NCC(=O)NCc2ccco2)c1. The molecule has 0 saturated heterocycles. The summed E-state index contributed by atoms with van der Waals surface area (Å²) in [5.74, 6) is 1.20. The molecule has 1 aromatic carbocycles. The van der Waals surface area contributed by atoms with Gasteiger partial charge >= 0.3 is 0 Å². The van der Waals surface area contributed by atoms with Crippen molar-refractivity contribution in [3.05, 3.63) is 71.0 Å². The second-order valence-electron chi connectivity index (χ2n) is 6.16. The van der Waals surface area contributed by atoms with Crippen molar-refractivity contribution in [2.75, 3.05) is 6.54 Å². The molecule has 0 atom stereocenters. The maximum atomic E-state index is 12.3. The molecule has 3 aromatic rings. The highest BCUT2D eigenvalue weighted by Gasteiger charge is 2.12. The maximum absolute atomic E-state index is 12.3. The molecule has 0 unspecified atom stereocenters. The van der Waals surface area contributed by atoms with Gasteiger partial charge in [-0.05, 0) is 44.2 Å². The molecule has 8 heteroatoms. The van der Waals surface area contributed by atoms with E-state index in [4.69, 9.17) is 13.7 Å². The van der Waals surface area contributed by atoms with Gasteiger partial charge in [-0.1, -0.05) is 11.2 Å². The minimum absolute atomic E-state index is 0.135. The first-order valence-corrected chi connectivity index (χ1v) is 8.75. The summed E-state index contributed by atoms with van der Waals surface area (Å²) in [6.45, 7) is 4.09. The first kappa shape index (κ1) is 19.2. The molecule has 2 N–H and O–H groups in total. The van der Waals surface area contributed by atoms with E-state index in [9.17, 15) is 9.59 Å². The summed E-state index contributed by atoms with van der Waals surface area (Å²) in [6.07, 6.45) is 1.53. The van der Waals surface area contributed by atoms with Crippen LogP contribution in [0, 0.1) is 13.8 Å². The van der Waals surface area contributed by atoms with E-state index in [1.807, 2.05) is 13.8 Å². The van der Waals surface area contributed by atoms with Gasteiger partial charge < -0.3 is 24.3 Å². The Balaban J connectivity index is 1.49. The minimum Gasteiger partial charge on any atom is -0.489 e. The average Bonchev–Trinajstić information content (AvgIpc) is 3.33. The van der Waals surface area contributed by atoms with Gasteiger partial charge in [-0.2, -0.15) is 0 Å². The molecule has 2 amide bonds. The highest BCUT2D eigenvalue weighted by Crippen LogP contribution is 2.18. The van der Waals surface area contributed by atoms with E-state index in [1.54, 1.807) is 36.4 Å². The molecule has 146 valence electrons. The number of aryl methyl sites for hydroxylation is 2. The Morgan fingerprint density at radius 3 is 2.71 bits per heavy atom. The van der Waals surface area contributed by atoms with Gasteiger partial charge in [-0.3, -0.25) is 9.59 Å². The van der Waals surface area contributed by atoms with Gasteiger partial charge in [0, 0.05) is 5.56 Å². The number of benzene rings is 1. The molecule has 2 aromatic heterocycles. The summed E-state index contributed by atoms with van der Waals surface area (Å²) in [5.41, 5.74) is 2.05. The normalized spacial score (nSPS) is 10.5. The third kappa shape index (κ3) is 5.00.